The van der Waals surface area contributed by atoms with Crippen LogP contribution in [0.15, 0.2) is 18.2 Å². The third-order valence-corrected chi connectivity index (χ3v) is 3.70. The Kier molecular flexibility index (Phi) is 4.42. The summed E-state index contributed by atoms with van der Waals surface area (Å²) in [6.07, 6.45) is -0.229. The van der Waals surface area contributed by atoms with E-state index < -0.39 is 11.5 Å². The van der Waals surface area contributed by atoms with Gasteiger partial charge in [-0.05, 0) is 38.5 Å². The molecule has 0 aliphatic carbocycles. The van der Waals surface area contributed by atoms with E-state index in [1.807, 2.05) is 26.8 Å². The fourth-order valence-corrected chi connectivity index (χ4v) is 2.64. The fourth-order valence-electron chi connectivity index (χ4n) is 2.64. The molecule has 0 radical (unpaired) electrons. The van der Waals surface area contributed by atoms with Crippen molar-refractivity contribution in [2.24, 2.45) is 0 Å². The molecule has 1 fully saturated rings. The van der Waals surface area contributed by atoms with Crippen molar-refractivity contribution in [3.8, 4) is 11.5 Å². The maximum Gasteiger partial charge on any atom is 0.308 e. The van der Waals surface area contributed by atoms with E-state index in [1.165, 1.54) is 14.0 Å². The third kappa shape index (κ3) is 2.92. The van der Waals surface area contributed by atoms with E-state index in [2.05, 4.69) is 5.32 Å². The van der Waals surface area contributed by atoms with Crippen LogP contribution < -0.4 is 14.8 Å². The number of hydrogen-bond acceptors (Lipinski definition) is 5. The van der Waals surface area contributed by atoms with Gasteiger partial charge in [0.25, 0.3) is 0 Å². The molecule has 2 rings (SSSR count). The van der Waals surface area contributed by atoms with Crippen molar-refractivity contribution in [1.82, 2.24) is 10.2 Å². The lowest BCUT2D eigenvalue weighted by atomic mass is 10.1. The van der Waals surface area contributed by atoms with Crippen molar-refractivity contribution >= 4 is 11.9 Å². The zero-order valence-corrected chi connectivity index (χ0v) is 13.6. The van der Waals surface area contributed by atoms with Crippen molar-refractivity contribution in [3.05, 3.63) is 23.8 Å². The van der Waals surface area contributed by atoms with Gasteiger partial charge in [-0.3, -0.25) is 14.9 Å². The van der Waals surface area contributed by atoms with E-state index >= 15 is 0 Å². The standard InChI is InChI=1S/C16H22N2O4/c1-6-18-14(17-16(3,4)15(18)20)11-7-8-12(22-10(2)19)13(9-11)21-5/h7-9,14,17H,6H2,1-5H3. The summed E-state index contributed by atoms with van der Waals surface area (Å²) < 4.78 is 10.4. The summed E-state index contributed by atoms with van der Waals surface area (Å²) in [7, 11) is 1.51. The summed E-state index contributed by atoms with van der Waals surface area (Å²) in [4.78, 5) is 25.3. The van der Waals surface area contributed by atoms with Crippen molar-refractivity contribution in [2.45, 2.75) is 39.4 Å². The zero-order chi connectivity index (χ0) is 16.5. The second kappa shape index (κ2) is 5.96. The first-order chi connectivity index (χ1) is 10.3. The summed E-state index contributed by atoms with van der Waals surface area (Å²) in [5.74, 6) is 0.479. The Balaban J connectivity index is 2.36. The highest BCUT2D eigenvalue weighted by atomic mass is 16.6. The summed E-state index contributed by atoms with van der Waals surface area (Å²) in [6, 6.07) is 5.30. The summed E-state index contributed by atoms with van der Waals surface area (Å²) in [6.45, 7) is 7.61. The lowest BCUT2D eigenvalue weighted by Gasteiger charge is -2.23. The number of ether oxygens (including phenoxy) is 2. The van der Waals surface area contributed by atoms with Crippen LogP contribution >= 0.6 is 0 Å². The molecule has 0 aromatic heterocycles. The molecule has 1 aliphatic heterocycles. The molecule has 1 saturated heterocycles. The molecule has 6 heteroatoms. The largest absolute Gasteiger partial charge is 0.493 e. The minimum absolute atomic E-state index is 0.0584. The second-order valence-corrected chi connectivity index (χ2v) is 5.77. The van der Waals surface area contributed by atoms with E-state index in [4.69, 9.17) is 9.47 Å². The molecule has 1 amide bonds. The van der Waals surface area contributed by atoms with Crippen LogP contribution in [0.1, 0.15) is 39.4 Å². The first kappa shape index (κ1) is 16.3. The van der Waals surface area contributed by atoms with E-state index in [1.54, 1.807) is 17.0 Å². The maximum atomic E-state index is 12.4. The molecule has 22 heavy (non-hydrogen) atoms. The van der Waals surface area contributed by atoms with E-state index in [0.717, 1.165) is 5.56 Å². The van der Waals surface area contributed by atoms with Crippen LogP contribution in [0.3, 0.4) is 0 Å². The quantitative estimate of drug-likeness (QED) is 0.679. The number of hydrogen-bond donors (Lipinski definition) is 1. The van der Waals surface area contributed by atoms with Gasteiger partial charge in [-0.1, -0.05) is 6.07 Å². The molecule has 1 aliphatic rings. The fraction of sp³-hybridized carbons (Fsp3) is 0.500. The molecular formula is C16H22N2O4. The first-order valence-corrected chi connectivity index (χ1v) is 7.25. The van der Waals surface area contributed by atoms with Crippen molar-refractivity contribution < 1.29 is 19.1 Å². The van der Waals surface area contributed by atoms with E-state index in [-0.39, 0.29) is 12.1 Å². The molecule has 0 saturated carbocycles. The minimum atomic E-state index is -0.609. The molecule has 1 unspecified atom stereocenters. The monoisotopic (exact) mass is 306 g/mol. The predicted octanol–water partition coefficient (Wildman–Crippen LogP) is 1.85. The Hall–Kier alpha value is -2.08. The number of benzene rings is 1. The van der Waals surface area contributed by atoms with Crippen molar-refractivity contribution in [2.75, 3.05) is 13.7 Å². The Morgan fingerprint density at radius 1 is 1.36 bits per heavy atom. The summed E-state index contributed by atoms with van der Waals surface area (Å²) >= 11 is 0. The van der Waals surface area contributed by atoms with E-state index in [9.17, 15) is 9.59 Å². The van der Waals surface area contributed by atoms with Crippen molar-refractivity contribution in [1.29, 1.82) is 0 Å². The van der Waals surface area contributed by atoms with Gasteiger partial charge >= 0.3 is 5.97 Å². The molecule has 1 aromatic rings. The number of rotatable bonds is 4. The molecule has 6 nitrogen and oxygen atoms in total. The third-order valence-electron chi connectivity index (χ3n) is 3.70. The summed E-state index contributed by atoms with van der Waals surface area (Å²) in [5, 5.41) is 3.32. The van der Waals surface area contributed by atoms with Gasteiger partial charge in [0.05, 0.1) is 12.6 Å². The topological polar surface area (TPSA) is 67.9 Å². The summed E-state index contributed by atoms with van der Waals surface area (Å²) in [5.41, 5.74) is 0.274. The van der Waals surface area contributed by atoms with Gasteiger partial charge in [-0.15, -0.1) is 0 Å². The number of nitrogens with one attached hydrogen (secondary N) is 1. The smallest absolute Gasteiger partial charge is 0.308 e. The van der Waals surface area contributed by atoms with Crippen LogP contribution in [-0.2, 0) is 9.59 Å². The Morgan fingerprint density at radius 2 is 2.05 bits per heavy atom. The van der Waals surface area contributed by atoms with Gasteiger partial charge in [-0.2, -0.15) is 0 Å². The van der Waals surface area contributed by atoms with Gasteiger partial charge in [-0.25, -0.2) is 0 Å². The number of esters is 1. The molecule has 0 spiro atoms. The number of carbonyl (C=O) groups excluding carboxylic acids is 2. The molecule has 120 valence electrons. The number of likely N-dealkylation sites (N-methyl/N-ethyl adjacent to an activating group) is 1. The highest BCUT2D eigenvalue weighted by molar-refractivity contribution is 5.88. The Morgan fingerprint density at radius 3 is 2.59 bits per heavy atom. The van der Waals surface area contributed by atoms with Gasteiger partial charge < -0.3 is 14.4 Å². The number of carbonyl (C=O) groups is 2. The van der Waals surface area contributed by atoms with Gasteiger partial charge in [0, 0.05) is 13.5 Å². The highest BCUT2D eigenvalue weighted by Crippen LogP contribution is 2.35. The predicted molar refractivity (Wildman–Crippen MR) is 81.6 cm³/mol. The van der Waals surface area contributed by atoms with Crippen LogP contribution in [0.5, 0.6) is 11.5 Å². The van der Waals surface area contributed by atoms with Crippen LogP contribution in [-0.4, -0.2) is 36.0 Å². The molecule has 0 bridgehead atoms. The molecule has 1 heterocycles. The molecule has 1 atom stereocenters. The van der Waals surface area contributed by atoms with Crippen LogP contribution in [0, 0.1) is 0 Å². The molecular weight excluding hydrogens is 284 g/mol. The average Bonchev–Trinajstić information content (AvgIpc) is 2.69. The number of nitrogens with zero attached hydrogens (tertiary/aromatic N) is 1. The number of amides is 1. The second-order valence-electron chi connectivity index (χ2n) is 5.77. The van der Waals surface area contributed by atoms with Crippen LogP contribution in [0.2, 0.25) is 0 Å². The molecule has 1 aromatic carbocycles. The van der Waals surface area contributed by atoms with Gasteiger partial charge in [0.1, 0.15) is 6.17 Å². The maximum absolute atomic E-state index is 12.4. The lowest BCUT2D eigenvalue weighted by Crippen LogP contribution is -2.40. The van der Waals surface area contributed by atoms with Gasteiger partial charge in [0.2, 0.25) is 5.91 Å². The van der Waals surface area contributed by atoms with Crippen LogP contribution in [0.25, 0.3) is 0 Å². The Bertz CT molecular complexity index is 598. The van der Waals surface area contributed by atoms with Crippen LogP contribution in [0.4, 0.5) is 0 Å². The van der Waals surface area contributed by atoms with Crippen molar-refractivity contribution in [3.63, 3.8) is 0 Å². The lowest BCUT2D eigenvalue weighted by molar-refractivity contribution is -0.132. The first-order valence-electron chi connectivity index (χ1n) is 7.25. The minimum Gasteiger partial charge on any atom is -0.493 e. The Labute approximate surface area is 130 Å². The number of methoxy groups -OCH3 is 1. The normalized spacial score (nSPS) is 20.1. The zero-order valence-electron chi connectivity index (χ0n) is 13.6. The van der Waals surface area contributed by atoms with Gasteiger partial charge in [0.15, 0.2) is 11.5 Å². The molecule has 1 N–H and O–H groups in total. The van der Waals surface area contributed by atoms with E-state index in [0.29, 0.717) is 18.0 Å². The average molecular weight is 306 g/mol. The highest BCUT2D eigenvalue weighted by Gasteiger charge is 2.44. The SMILES string of the molecule is CCN1C(=O)C(C)(C)NC1c1ccc(OC(C)=O)c(OC)c1.